The molecule has 0 rings (SSSR count). The summed E-state index contributed by atoms with van der Waals surface area (Å²) in [6.07, 6.45) is 3.71. The first-order valence-corrected chi connectivity index (χ1v) is 6.06. The molecule has 0 atom stereocenters. The predicted molar refractivity (Wildman–Crippen MR) is 61.3 cm³/mol. The van der Waals surface area contributed by atoms with Crippen molar-refractivity contribution in [2.75, 3.05) is 6.26 Å². The fraction of sp³-hybridized carbons (Fsp3) is 0.909. The average Bonchev–Trinajstić information content (AvgIpc) is 2.01. The summed E-state index contributed by atoms with van der Waals surface area (Å²) in [6, 6.07) is 0. The highest BCUT2D eigenvalue weighted by Gasteiger charge is 2.32. The van der Waals surface area contributed by atoms with Gasteiger partial charge in [0.1, 0.15) is 5.78 Å². The zero-order chi connectivity index (χ0) is 10.7. The number of carbonyl (C=O) groups is 1. The molecule has 0 N–H and O–H groups in total. The van der Waals surface area contributed by atoms with E-state index in [1.807, 2.05) is 18.7 Å². The second kappa shape index (κ2) is 4.50. The van der Waals surface area contributed by atoms with Crippen LogP contribution in [0.1, 0.15) is 47.5 Å². The Morgan fingerprint density at radius 2 is 1.69 bits per heavy atom. The van der Waals surface area contributed by atoms with Crippen molar-refractivity contribution in [3.8, 4) is 0 Å². The summed E-state index contributed by atoms with van der Waals surface area (Å²) in [5, 5.41) is 0. The fourth-order valence-corrected chi connectivity index (χ4v) is 2.22. The van der Waals surface area contributed by atoms with E-state index in [9.17, 15) is 4.79 Å². The van der Waals surface area contributed by atoms with Gasteiger partial charge in [-0.25, -0.2) is 0 Å². The van der Waals surface area contributed by atoms with Crippen molar-refractivity contribution in [2.45, 2.75) is 52.2 Å². The zero-order valence-electron chi connectivity index (χ0n) is 9.73. The Morgan fingerprint density at radius 1 is 1.23 bits per heavy atom. The van der Waals surface area contributed by atoms with E-state index in [1.54, 1.807) is 0 Å². The smallest absolute Gasteiger partial charge is 0.138 e. The van der Waals surface area contributed by atoms with Crippen molar-refractivity contribution in [1.82, 2.24) is 0 Å². The summed E-state index contributed by atoms with van der Waals surface area (Å²) in [7, 11) is 0. The highest BCUT2D eigenvalue weighted by molar-refractivity contribution is 7.99. The summed E-state index contributed by atoms with van der Waals surface area (Å²) < 4.78 is 0.203. The highest BCUT2D eigenvalue weighted by atomic mass is 32.2. The summed E-state index contributed by atoms with van der Waals surface area (Å²) in [4.78, 5) is 11.6. The second-order valence-corrected chi connectivity index (χ2v) is 6.31. The van der Waals surface area contributed by atoms with Gasteiger partial charge in [-0.15, -0.1) is 0 Å². The van der Waals surface area contributed by atoms with E-state index in [0.717, 1.165) is 6.42 Å². The second-order valence-electron chi connectivity index (χ2n) is 4.80. The molecule has 0 aromatic rings. The van der Waals surface area contributed by atoms with Crippen LogP contribution in [-0.4, -0.2) is 16.8 Å². The first-order chi connectivity index (χ1) is 5.75. The molecule has 1 nitrogen and oxygen atoms in total. The Hall–Kier alpha value is 0.0200. The molecule has 0 heterocycles. The third-order valence-electron chi connectivity index (χ3n) is 2.50. The van der Waals surface area contributed by atoms with Gasteiger partial charge in [0.15, 0.2) is 0 Å². The minimum absolute atomic E-state index is 0.165. The van der Waals surface area contributed by atoms with Gasteiger partial charge in [0.05, 0.1) is 0 Å². The number of carbonyl (C=O) groups excluding carboxylic acids is 1. The van der Waals surface area contributed by atoms with E-state index in [-0.39, 0.29) is 10.2 Å². The Bertz CT molecular complexity index is 183. The molecule has 0 aromatic heterocycles. The van der Waals surface area contributed by atoms with Crippen LogP contribution < -0.4 is 0 Å². The van der Waals surface area contributed by atoms with Gasteiger partial charge in [0.2, 0.25) is 0 Å². The van der Waals surface area contributed by atoms with E-state index in [1.165, 1.54) is 0 Å². The van der Waals surface area contributed by atoms with E-state index >= 15 is 0 Å². The maximum Gasteiger partial charge on any atom is 0.138 e. The molecule has 0 unspecified atom stereocenters. The number of Topliss-reactive ketones (excluding diaryl/α,β-unsaturated/α-hetero) is 1. The van der Waals surface area contributed by atoms with Crippen molar-refractivity contribution in [3.63, 3.8) is 0 Å². The number of rotatable bonds is 5. The molecular formula is C11H22OS. The molecule has 0 bridgehead atoms. The number of hydrogen-bond donors (Lipinski definition) is 0. The van der Waals surface area contributed by atoms with Crippen LogP contribution in [0.5, 0.6) is 0 Å². The molecule has 0 spiro atoms. The van der Waals surface area contributed by atoms with Gasteiger partial charge in [0, 0.05) is 16.6 Å². The van der Waals surface area contributed by atoms with Crippen LogP contribution >= 0.6 is 11.8 Å². The van der Waals surface area contributed by atoms with Gasteiger partial charge in [-0.3, -0.25) is 4.79 Å². The summed E-state index contributed by atoms with van der Waals surface area (Å²) >= 11 is 1.83. The van der Waals surface area contributed by atoms with Gasteiger partial charge >= 0.3 is 0 Å². The summed E-state index contributed by atoms with van der Waals surface area (Å²) in [6.45, 7) is 10.4. The Balaban J connectivity index is 4.41. The lowest BCUT2D eigenvalue weighted by molar-refractivity contribution is -0.127. The Kier molecular flexibility index (Phi) is 4.50. The van der Waals surface area contributed by atoms with Crippen LogP contribution in [-0.2, 0) is 4.79 Å². The Morgan fingerprint density at radius 3 is 2.00 bits per heavy atom. The van der Waals surface area contributed by atoms with E-state index in [2.05, 4.69) is 34.0 Å². The van der Waals surface area contributed by atoms with Crippen molar-refractivity contribution in [2.24, 2.45) is 5.41 Å². The number of ketones is 1. The molecule has 0 saturated heterocycles. The lowest BCUT2D eigenvalue weighted by atomic mass is 9.79. The van der Waals surface area contributed by atoms with Crippen molar-refractivity contribution >= 4 is 17.5 Å². The van der Waals surface area contributed by atoms with E-state index in [0.29, 0.717) is 12.2 Å². The molecule has 0 saturated carbocycles. The molecular weight excluding hydrogens is 180 g/mol. The van der Waals surface area contributed by atoms with Gasteiger partial charge in [0.25, 0.3) is 0 Å². The molecule has 13 heavy (non-hydrogen) atoms. The zero-order valence-corrected chi connectivity index (χ0v) is 10.5. The lowest BCUT2D eigenvalue weighted by Crippen LogP contribution is -2.31. The van der Waals surface area contributed by atoms with Crippen LogP contribution in [0.4, 0.5) is 0 Å². The Labute approximate surface area is 86.7 Å². The van der Waals surface area contributed by atoms with Crippen LogP contribution in [0, 0.1) is 5.41 Å². The molecule has 78 valence electrons. The molecule has 0 aromatic carbocycles. The van der Waals surface area contributed by atoms with Crippen molar-refractivity contribution in [3.05, 3.63) is 0 Å². The lowest BCUT2D eigenvalue weighted by Gasteiger charge is -2.32. The number of thioether (sulfide) groups is 1. The van der Waals surface area contributed by atoms with Crippen LogP contribution in [0.3, 0.4) is 0 Å². The normalized spacial score (nSPS) is 13.1. The molecule has 0 aliphatic carbocycles. The van der Waals surface area contributed by atoms with Crippen LogP contribution in [0.15, 0.2) is 0 Å². The standard InChI is InChI=1S/C11H22OS/c1-7-9(12)10(2,3)8-11(4,5)13-6/h7-8H2,1-6H3. The minimum Gasteiger partial charge on any atom is -0.299 e. The van der Waals surface area contributed by atoms with Crippen LogP contribution in [0.2, 0.25) is 0 Å². The maximum absolute atomic E-state index is 11.6. The summed E-state index contributed by atoms with van der Waals surface area (Å²) in [5.41, 5.74) is -0.165. The molecule has 0 aliphatic rings. The topological polar surface area (TPSA) is 17.1 Å². The van der Waals surface area contributed by atoms with Gasteiger partial charge in [-0.1, -0.05) is 34.6 Å². The third kappa shape index (κ3) is 4.17. The monoisotopic (exact) mass is 202 g/mol. The largest absolute Gasteiger partial charge is 0.299 e. The maximum atomic E-state index is 11.6. The number of hydrogen-bond acceptors (Lipinski definition) is 2. The molecule has 0 radical (unpaired) electrons. The first kappa shape index (κ1) is 13.0. The molecule has 0 aliphatic heterocycles. The predicted octanol–water partition coefficient (Wildman–Crippen LogP) is 3.52. The molecule has 2 heteroatoms. The van der Waals surface area contributed by atoms with E-state index < -0.39 is 0 Å². The molecule has 0 amide bonds. The first-order valence-electron chi connectivity index (χ1n) is 4.83. The summed E-state index contributed by atoms with van der Waals surface area (Å²) in [5.74, 6) is 0.370. The minimum atomic E-state index is -0.165. The third-order valence-corrected chi connectivity index (χ3v) is 3.75. The van der Waals surface area contributed by atoms with E-state index in [4.69, 9.17) is 0 Å². The SMILES string of the molecule is CCC(=O)C(C)(C)CC(C)(C)SC. The van der Waals surface area contributed by atoms with Gasteiger partial charge in [-0.2, -0.15) is 11.8 Å². The van der Waals surface area contributed by atoms with Crippen LogP contribution in [0.25, 0.3) is 0 Å². The molecule has 0 fully saturated rings. The van der Waals surface area contributed by atoms with Crippen molar-refractivity contribution < 1.29 is 4.79 Å². The average molecular weight is 202 g/mol. The quantitative estimate of drug-likeness (QED) is 0.678. The van der Waals surface area contributed by atoms with Crippen molar-refractivity contribution in [1.29, 1.82) is 0 Å². The van der Waals surface area contributed by atoms with Gasteiger partial charge in [-0.05, 0) is 12.7 Å². The highest BCUT2D eigenvalue weighted by Crippen LogP contribution is 2.36. The van der Waals surface area contributed by atoms with Gasteiger partial charge < -0.3 is 0 Å². The fourth-order valence-electron chi connectivity index (χ4n) is 1.71.